The molecule has 2 aromatic heterocycles. The van der Waals surface area contributed by atoms with Crippen molar-refractivity contribution >= 4 is 33.8 Å². The highest BCUT2D eigenvalue weighted by molar-refractivity contribution is 7.10. The fraction of sp³-hybridized carbons (Fsp3) is 0.143. The molecule has 3 nitrogen and oxygen atoms in total. The number of thiazole rings is 1. The van der Waals surface area contributed by atoms with E-state index in [1.165, 1.54) is 12.5 Å². The molecule has 0 aliphatic heterocycles. The van der Waals surface area contributed by atoms with E-state index in [4.69, 9.17) is 16.3 Å². The summed E-state index contributed by atoms with van der Waals surface area (Å²) >= 11 is 6.73. The lowest BCUT2D eigenvalue weighted by molar-refractivity contribution is -0.137. The maximum atomic E-state index is 12.6. The van der Waals surface area contributed by atoms with Crippen LogP contribution in [0.3, 0.4) is 0 Å². The third-order valence-electron chi connectivity index (χ3n) is 2.99. The fourth-order valence-corrected chi connectivity index (χ4v) is 2.93. The van der Waals surface area contributed by atoms with Crippen molar-refractivity contribution in [2.45, 2.75) is 6.18 Å². The van der Waals surface area contributed by atoms with E-state index in [1.54, 1.807) is 24.3 Å². The molecular weight excluding hydrogens is 337 g/mol. The monoisotopic (exact) mass is 344 g/mol. The van der Waals surface area contributed by atoms with Gasteiger partial charge in [0.05, 0.1) is 18.3 Å². The first kappa shape index (κ1) is 15.1. The first-order valence-corrected chi connectivity index (χ1v) is 7.32. The van der Waals surface area contributed by atoms with Gasteiger partial charge in [-0.2, -0.15) is 13.2 Å². The van der Waals surface area contributed by atoms with Crippen LogP contribution in [0.15, 0.2) is 29.6 Å². The first-order chi connectivity index (χ1) is 10.4. The van der Waals surface area contributed by atoms with Crippen molar-refractivity contribution in [3.63, 3.8) is 0 Å². The van der Waals surface area contributed by atoms with Crippen molar-refractivity contribution < 1.29 is 17.9 Å². The first-order valence-electron chi connectivity index (χ1n) is 6.06. The van der Waals surface area contributed by atoms with Crippen molar-refractivity contribution in [1.29, 1.82) is 0 Å². The zero-order valence-electron chi connectivity index (χ0n) is 11.1. The Balaban J connectivity index is 2.12. The molecule has 3 rings (SSSR count). The SMILES string of the molecule is COc1ccc2ccc(-c3csc(C(F)(F)F)n3)nc2c1Cl. The van der Waals surface area contributed by atoms with Crippen molar-refractivity contribution in [1.82, 2.24) is 9.97 Å². The number of fused-ring (bicyclic) bond motifs is 1. The Morgan fingerprint density at radius 2 is 1.82 bits per heavy atom. The summed E-state index contributed by atoms with van der Waals surface area (Å²) in [5, 5.41) is 1.50. The molecule has 0 saturated heterocycles. The van der Waals surface area contributed by atoms with Crippen LogP contribution in [0.4, 0.5) is 13.2 Å². The minimum absolute atomic E-state index is 0.165. The Morgan fingerprint density at radius 3 is 2.45 bits per heavy atom. The van der Waals surface area contributed by atoms with Crippen LogP contribution in [-0.4, -0.2) is 17.1 Å². The van der Waals surface area contributed by atoms with E-state index in [0.29, 0.717) is 33.3 Å². The van der Waals surface area contributed by atoms with E-state index in [9.17, 15) is 13.2 Å². The van der Waals surface area contributed by atoms with E-state index < -0.39 is 11.2 Å². The molecule has 0 N–H and O–H groups in total. The van der Waals surface area contributed by atoms with Gasteiger partial charge in [-0.05, 0) is 18.2 Å². The van der Waals surface area contributed by atoms with Gasteiger partial charge in [-0.1, -0.05) is 17.7 Å². The zero-order valence-corrected chi connectivity index (χ0v) is 12.7. The Bertz CT molecular complexity index is 848. The number of hydrogen-bond acceptors (Lipinski definition) is 4. The molecule has 0 saturated carbocycles. The summed E-state index contributed by atoms with van der Waals surface area (Å²) in [6.45, 7) is 0. The molecule has 0 unspecified atom stereocenters. The maximum Gasteiger partial charge on any atom is 0.443 e. The highest BCUT2D eigenvalue weighted by Crippen LogP contribution is 2.36. The molecule has 0 spiro atoms. The molecule has 0 radical (unpaired) electrons. The molecule has 0 fully saturated rings. The molecule has 2 heterocycles. The van der Waals surface area contributed by atoms with Crippen LogP contribution >= 0.6 is 22.9 Å². The molecule has 3 aromatic rings. The van der Waals surface area contributed by atoms with Gasteiger partial charge in [0, 0.05) is 10.8 Å². The second-order valence-electron chi connectivity index (χ2n) is 4.39. The lowest BCUT2D eigenvalue weighted by Crippen LogP contribution is -2.03. The highest BCUT2D eigenvalue weighted by Gasteiger charge is 2.34. The number of nitrogens with zero attached hydrogens (tertiary/aromatic N) is 2. The number of pyridine rings is 1. The Kier molecular flexibility index (Phi) is 3.70. The minimum Gasteiger partial charge on any atom is -0.495 e. The topological polar surface area (TPSA) is 35.0 Å². The maximum absolute atomic E-state index is 12.6. The molecule has 114 valence electrons. The highest BCUT2D eigenvalue weighted by atomic mass is 35.5. The van der Waals surface area contributed by atoms with Gasteiger partial charge in [-0.15, -0.1) is 11.3 Å². The van der Waals surface area contributed by atoms with Gasteiger partial charge in [0.25, 0.3) is 0 Å². The van der Waals surface area contributed by atoms with Crippen molar-refractivity contribution in [2.75, 3.05) is 7.11 Å². The number of alkyl halides is 3. The Hall–Kier alpha value is -1.86. The van der Waals surface area contributed by atoms with Crippen LogP contribution in [0, 0.1) is 0 Å². The molecule has 8 heteroatoms. The van der Waals surface area contributed by atoms with Gasteiger partial charge in [0.15, 0.2) is 5.01 Å². The summed E-state index contributed by atoms with van der Waals surface area (Å²) in [6, 6.07) is 6.82. The predicted molar refractivity (Wildman–Crippen MR) is 79.4 cm³/mol. The lowest BCUT2D eigenvalue weighted by Gasteiger charge is -2.07. The van der Waals surface area contributed by atoms with Gasteiger partial charge < -0.3 is 4.74 Å². The van der Waals surface area contributed by atoms with Gasteiger partial charge in [0.1, 0.15) is 16.5 Å². The van der Waals surface area contributed by atoms with Gasteiger partial charge >= 0.3 is 6.18 Å². The van der Waals surface area contributed by atoms with Crippen molar-refractivity contribution in [2.24, 2.45) is 0 Å². The van der Waals surface area contributed by atoms with E-state index in [-0.39, 0.29) is 5.69 Å². The fourth-order valence-electron chi connectivity index (χ4n) is 1.96. The summed E-state index contributed by atoms with van der Waals surface area (Å²) in [6.07, 6.45) is -4.46. The summed E-state index contributed by atoms with van der Waals surface area (Å²) in [4.78, 5) is 7.90. The van der Waals surface area contributed by atoms with E-state index >= 15 is 0 Å². The van der Waals surface area contributed by atoms with Crippen molar-refractivity contribution in [3.05, 3.63) is 39.7 Å². The lowest BCUT2D eigenvalue weighted by atomic mass is 10.2. The van der Waals surface area contributed by atoms with Gasteiger partial charge in [0.2, 0.25) is 0 Å². The number of ether oxygens (including phenoxy) is 1. The number of rotatable bonds is 2. The van der Waals surface area contributed by atoms with Gasteiger partial charge in [-0.25, -0.2) is 9.97 Å². The van der Waals surface area contributed by atoms with Crippen LogP contribution < -0.4 is 4.74 Å². The summed E-state index contributed by atoms with van der Waals surface area (Å²) in [5.74, 6) is 0.452. The van der Waals surface area contributed by atoms with E-state index in [2.05, 4.69) is 9.97 Å². The Labute approximate surface area is 132 Å². The smallest absolute Gasteiger partial charge is 0.443 e. The molecule has 0 amide bonds. The number of benzene rings is 1. The molecule has 22 heavy (non-hydrogen) atoms. The molecule has 0 aliphatic rings. The van der Waals surface area contributed by atoms with E-state index in [1.807, 2.05) is 0 Å². The van der Waals surface area contributed by atoms with Crippen LogP contribution in [0.25, 0.3) is 22.3 Å². The average molecular weight is 345 g/mol. The number of methoxy groups -OCH3 is 1. The molecular formula is C14H8ClF3N2OS. The van der Waals surface area contributed by atoms with E-state index in [0.717, 1.165) is 5.39 Å². The van der Waals surface area contributed by atoms with Gasteiger partial charge in [-0.3, -0.25) is 0 Å². The molecule has 0 aliphatic carbocycles. The third-order valence-corrected chi connectivity index (χ3v) is 4.25. The van der Waals surface area contributed by atoms with Crippen molar-refractivity contribution in [3.8, 4) is 17.1 Å². The number of aromatic nitrogens is 2. The number of halogens is 4. The standard InChI is InChI=1S/C14H8ClF3N2OS/c1-21-10-5-3-7-2-4-8(19-12(7)11(10)15)9-6-22-13(20-9)14(16,17)18/h2-6H,1H3. The second-order valence-corrected chi connectivity index (χ2v) is 5.62. The van der Waals surface area contributed by atoms with Crippen LogP contribution in [0.1, 0.15) is 5.01 Å². The molecule has 1 aromatic carbocycles. The Morgan fingerprint density at radius 1 is 1.09 bits per heavy atom. The van der Waals surface area contributed by atoms with Crippen LogP contribution in [0.2, 0.25) is 5.02 Å². The largest absolute Gasteiger partial charge is 0.495 e. The number of hydrogen-bond donors (Lipinski definition) is 0. The van der Waals surface area contributed by atoms with Crippen LogP contribution in [-0.2, 0) is 6.18 Å². The quantitative estimate of drug-likeness (QED) is 0.653. The summed E-state index contributed by atoms with van der Waals surface area (Å²) < 4.78 is 43.0. The zero-order chi connectivity index (χ0) is 15.9. The molecule has 0 bridgehead atoms. The summed E-state index contributed by atoms with van der Waals surface area (Å²) in [7, 11) is 1.48. The second kappa shape index (κ2) is 5.40. The normalized spacial score (nSPS) is 11.9. The average Bonchev–Trinajstić information content (AvgIpc) is 2.97. The minimum atomic E-state index is -4.46. The van der Waals surface area contributed by atoms with Crippen LogP contribution in [0.5, 0.6) is 5.75 Å². The molecule has 0 atom stereocenters. The predicted octanol–water partition coefficient (Wildman–Crippen LogP) is 5.04. The third kappa shape index (κ3) is 2.62. The summed E-state index contributed by atoms with van der Waals surface area (Å²) in [5.41, 5.74) is 0.951.